The summed E-state index contributed by atoms with van der Waals surface area (Å²) in [4.78, 5) is 42.1. The van der Waals surface area contributed by atoms with E-state index in [0.29, 0.717) is 24.2 Å². The zero-order valence-corrected chi connectivity index (χ0v) is 20.3. The Balaban J connectivity index is 1.55. The largest absolute Gasteiger partial charge is 0.396 e. The highest BCUT2D eigenvalue weighted by atomic mass is 16.3. The molecule has 2 amide bonds. The van der Waals surface area contributed by atoms with Crippen molar-refractivity contribution in [1.29, 1.82) is 0 Å². The fourth-order valence-corrected chi connectivity index (χ4v) is 6.23. The normalized spacial score (nSPS) is 25.7. The number of rotatable bonds is 6. The van der Waals surface area contributed by atoms with E-state index in [-0.39, 0.29) is 30.0 Å². The maximum Gasteiger partial charge on any atom is 0.258 e. The number of aliphatic hydroxyl groups excluding tert-OH is 1. The van der Waals surface area contributed by atoms with Crippen LogP contribution in [0.25, 0.3) is 5.57 Å². The van der Waals surface area contributed by atoms with Crippen LogP contribution in [0.15, 0.2) is 53.3 Å². The lowest BCUT2D eigenvalue weighted by atomic mass is 9.86. The summed E-state index contributed by atoms with van der Waals surface area (Å²) in [5.41, 5.74) is 3.38. The van der Waals surface area contributed by atoms with Gasteiger partial charge in [0.2, 0.25) is 11.8 Å². The van der Waals surface area contributed by atoms with Crippen molar-refractivity contribution in [2.24, 2.45) is 11.8 Å². The van der Waals surface area contributed by atoms with E-state index in [2.05, 4.69) is 11.4 Å². The van der Waals surface area contributed by atoms with E-state index in [9.17, 15) is 19.5 Å². The average Bonchev–Trinajstić information content (AvgIpc) is 3.49. The fraction of sp³-hybridized carbons (Fsp3) is 0.464. The van der Waals surface area contributed by atoms with E-state index in [1.165, 1.54) is 0 Å². The first-order valence-corrected chi connectivity index (χ1v) is 12.7. The van der Waals surface area contributed by atoms with E-state index < -0.39 is 23.9 Å². The van der Waals surface area contributed by atoms with Gasteiger partial charge in [-0.2, -0.15) is 0 Å². The van der Waals surface area contributed by atoms with Crippen LogP contribution in [0.1, 0.15) is 68.4 Å². The first-order valence-electron chi connectivity index (χ1n) is 12.7. The van der Waals surface area contributed by atoms with E-state index in [0.717, 1.165) is 30.4 Å². The number of fused-ring (bicyclic) bond motifs is 4. The van der Waals surface area contributed by atoms with Gasteiger partial charge >= 0.3 is 0 Å². The minimum absolute atomic E-state index is 0.0638. The second kappa shape index (κ2) is 9.46. The quantitative estimate of drug-likeness (QED) is 0.671. The Morgan fingerprint density at radius 2 is 1.94 bits per heavy atom. The molecule has 1 fully saturated rings. The van der Waals surface area contributed by atoms with Crippen LogP contribution in [0, 0.1) is 11.8 Å². The standard InChI is InChI=1S/C28H33N3O4/c1-3-24(33)31-23-15-30-22(14-13-20(28(30)35)19-11-7-8-12-19)26(31)25(21(23)16-32)27(34)29-17(2)18-9-5-4-6-10-18/h4-6,9-11,13-14,17,21,23,25-26,32H,3,7-8,12,15-16H2,1-2H3,(H,29,34)/t17-,21-,23-,25+,26+/m0/s1. The molecule has 5 atom stereocenters. The molecule has 0 spiro atoms. The summed E-state index contributed by atoms with van der Waals surface area (Å²) in [7, 11) is 0. The highest BCUT2D eigenvalue weighted by Gasteiger charge is 2.57. The molecule has 2 aromatic rings. The molecule has 1 aromatic carbocycles. The molecule has 1 aliphatic carbocycles. The van der Waals surface area contributed by atoms with Crippen molar-refractivity contribution in [2.75, 3.05) is 6.61 Å². The van der Waals surface area contributed by atoms with Crippen LogP contribution in [-0.4, -0.2) is 39.0 Å². The Morgan fingerprint density at radius 3 is 2.60 bits per heavy atom. The number of pyridine rings is 1. The van der Waals surface area contributed by atoms with Gasteiger partial charge in [-0.15, -0.1) is 0 Å². The van der Waals surface area contributed by atoms with E-state index in [4.69, 9.17) is 0 Å². The van der Waals surface area contributed by atoms with Crippen LogP contribution in [-0.2, 0) is 16.1 Å². The van der Waals surface area contributed by atoms with Gasteiger partial charge in [0.05, 0.1) is 24.0 Å². The van der Waals surface area contributed by atoms with E-state index in [1.54, 1.807) is 16.4 Å². The number of nitrogens with zero attached hydrogens (tertiary/aromatic N) is 2. The fourth-order valence-electron chi connectivity index (χ4n) is 6.23. The lowest BCUT2D eigenvalue weighted by molar-refractivity contribution is -0.136. The molecule has 2 N–H and O–H groups in total. The molecule has 35 heavy (non-hydrogen) atoms. The van der Waals surface area contributed by atoms with Crippen LogP contribution in [0.5, 0.6) is 0 Å². The number of aromatic nitrogens is 1. The molecule has 7 nitrogen and oxygen atoms in total. The summed E-state index contributed by atoms with van der Waals surface area (Å²) in [6.07, 6.45) is 5.36. The molecule has 3 aliphatic rings. The van der Waals surface area contributed by atoms with Crippen molar-refractivity contribution < 1.29 is 14.7 Å². The van der Waals surface area contributed by atoms with Crippen LogP contribution < -0.4 is 10.9 Å². The van der Waals surface area contributed by atoms with Crippen molar-refractivity contribution >= 4 is 17.4 Å². The van der Waals surface area contributed by atoms with Gasteiger partial charge in [-0.05, 0) is 49.5 Å². The lowest BCUT2D eigenvalue weighted by Gasteiger charge is -2.38. The molecule has 7 heteroatoms. The summed E-state index contributed by atoms with van der Waals surface area (Å²) in [5, 5.41) is 13.5. The molecule has 0 saturated carbocycles. The van der Waals surface area contributed by atoms with Crippen molar-refractivity contribution in [3.63, 3.8) is 0 Å². The Labute approximate surface area is 205 Å². The van der Waals surface area contributed by atoms with Crippen molar-refractivity contribution in [3.8, 4) is 0 Å². The third-order valence-electron chi connectivity index (χ3n) is 7.98. The van der Waals surface area contributed by atoms with Gasteiger partial charge in [-0.25, -0.2) is 0 Å². The molecule has 2 bridgehead atoms. The topological polar surface area (TPSA) is 91.6 Å². The van der Waals surface area contributed by atoms with Gasteiger partial charge in [0.1, 0.15) is 0 Å². The van der Waals surface area contributed by atoms with Crippen molar-refractivity contribution in [2.45, 2.75) is 64.2 Å². The average molecular weight is 476 g/mol. The summed E-state index contributed by atoms with van der Waals surface area (Å²) in [5.74, 6) is -1.36. The predicted octanol–water partition coefficient (Wildman–Crippen LogP) is 3.19. The Morgan fingerprint density at radius 1 is 1.17 bits per heavy atom. The number of hydrogen-bond acceptors (Lipinski definition) is 4. The predicted molar refractivity (Wildman–Crippen MR) is 133 cm³/mol. The molecule has 0 unspecified atom stereocenters. The highest BCUT2D eigenvalue weighted by Crippen LogP contribution is 2.49. The van der Waals surface area contributed by atoms with Gasteiger partial charge in [0.15, 0.2) is 0 Å². The number of allylic oxidation sites excluding steroid dienone is 2. The second-order valence-corrected chi connectivity index (χ2v) is 9.89. The third kappa shape index (κ3) is 3.92. The Bertz CT molecular complexity index is 1220. The van der Waals surface area contributed by atoms with E-state index >= 15 is 0 Å². The molecule has 3 heterocycles. The van der Waals surface area contributed by atoms with Gasteiger partial charge in [0.25, 0.3) is 5.56 Å². The van der Waals surface area contributed by atoms with Crippen LogP contribution in [0.2, 0.25) is 0 Å². The molecule has 5 rings (SSSR count). The monoisotopic (exact) mass is 475 g/mol. The van der Waals surface area contributed by atoms with Gasteiger partial charge in [-0.1, -0.05) is 43.3 Å². The first kappa shape index (κ1) is 23.5. The summed E-state index contributed by atoms with van der Waals surface area (Å²) in [6, 6.07) is 12.3. The van der Waals surface area contributed by atoms with Crippen molar-refractivity contribution in [1.82, 2.24) is 14.8 Å². The minimum atomic E-state index is -0.642. The molecular weight excluding hydrogens is 442 g/mol. The van der Waals surface area contributed by atoms with Gasteiger partial charge < -0.3 is 19.9 Å². The molecule has 1 saturated heterocycles. The summed E-state index contributed by atoms with van der Waals surface area (Å²) in [6.45, 7) is 3.80. The van der Waals surface area contributed by atoms with Gasteiger partial charge in [-0.3, -0.25) is 14.4 Å². The Kier molecular flexibility index (Phi) is 6.36. The number of amides is 2. The highest BCUT2D eigenvalue weighted by molar-refractivity contribution is 5.84. The van der Waals surface area contributed by atoms with Gasteiger partial charge in [0, 0.05) is 36.7 Å². The first-order chi connectivity index (χ1) is 17.0. The second-order valence-electron chi connectivity index (χ2n) is 9.89. The molecular formula is C28H33N3O4. The molecule has 184 valence electrons. The summed E-state index contributed by atoms with van der Waals surface area (Å²) >= 11 is 0. The number of nitrogens with one attached hydrogen (secondary N) is 1. The van der Waals surface area contributed by atoms with Crippen molar-refractivity contribution in [3.05, 3.63) is 75.7 Å². The molecule has 0 radical (unpaired) electrons. The summed E-state index contributed by atoms with van der Waals surface area (Å²) < 4.78 is 1.75. The maximum absolute atomic E-state index is 13.7. The van der Waals surface area contributed by atoms with Crippen LogP contribution >= 0.6 is 0 Å². The zero-order valence-electron chi connectivity index (χ0n) is 20.3. The number of aliphatic hydroxyl groups is 1. The smallest absolute Gasteiger partial charge is 0.258 e. The van der Waals surface area contributed by atoms with Crippen LogP contribution in [0.4, 0.5) is 0 Å². The molecule has 1 aromatic heterocycles. The molecule has 2 aliphatic heterocycles. The van der Waals surface area contributed by atoms with E-state index in [1.807, 2.05) is 49.4 Å². The maximum atomic E-state index is 13.7. The zero-order chi connectivity index (χ0) is 24.7. The number of benzene rings is 1. The minimum Gasteiger partial charge on any atom is -0.396 e. The number of carbonyl (C=O) groups excluding carboxylic acids is 2. The number of carbonyl (C=O) groups is 2. The number of hydrogen-bond donors (Lipinski definition) is 2. The third-order valence-corrected chi connectivity index (χ3v) is 7.98. The lowest BCUT2D eigenvalue weighted by Crippen LogP contribution is -2.49. The Hall–Kier alpha value is -3.19. The van der Waals surface area contributed by atoms with Crippen LogP contribution in [0.3, 0.4) is 0 Å². The SMILES string of the molecule is CCC(=O)N1[C@@H]2c3ccc(C4=CCCC4)c(=O)n3C[C@H]1[C@H](CO)[C@H]2C(=O)N[C@@H](C)c1ccccc1.